The Labute approximate surface area is 105 Å². The van der Waals surface area contributed by atoms with E-state index in [0.717, 1.165) is 10.9 Å². The maximum absolute atomic E-state index is 3.46. The Hall–Kier alpha value is -1.08. The Morgan fingerprint density at radius 3 is 2.19 bits per heavy atom. The molecule has 0 N–H and O–H groups in total. The molecule has 0 spiro atoms. The van der Waals surface area contributed by atoms with Gasteiger partial charge in [0.2, 0.25) is 0 Å². The van der Waals surface area contributed by atoms with E-state index < -0.39 is 0 Å². The van der Waals surface area contributed by atoms with Gasteiger partial charge in [-0.05, 0) is 35.6 Å². The highest BCUT2D eigenvalue weighted by atomic mass is 79.9. The number of halogens is 1. The Morgan fingerprint density at radius 2 is 1.56 bits per heavy atom. The third kappa shape index (κ3) is 2.96. The fourth-order valence-corrected chi connectivity index (χ4v) is 2.14. The molecule has 0 saturated carbocycles. The molecular formula is C15H15Br. The molecular weight excluding hydrogens is 260 g/mol. The summed E-state index contributed by atoms with van der Waals surface area (Å²) < 4.78 is 1.14. The van der Waals surface area contributed by atoms with E-state index in [2.05, 4.69) is 77.5 Å². The summed E-state index contributed by atoms with van der Waals surface area (Å²) in [5.74, 6) is 0.565. The summed E-state index contributed by atoms with van der Waals surface area (Å²) >= 11 is 3.46. The first-order chi connectivity index (χ1) is 7.75. The second-order valence-corrected chi connectivity index (χ2v) is 5.06. The fourth-order valence-electron chi connectivity index (χ4n) is 1.88. The fraction of sp³-hybridized carbons (Fsp3) is 0.200. The lowest BCUT2D eigenvalue weighted by atomic mass is 9.94. The van der Waals surface area contributed by atoms with E-state index in [0.29, 0.717) is 5.92 Å². The van der Waals surface area contributed by atoms with Gasteiger partial charge in [0.05, 0.1) is 0 Å². The summed E-state index contributed by atoms with van der Waals surface area (Å²) in [5.41, 5.74) is 2.80. The molecule has 0 aliphatic rings. The van der Waals surface area contributed by atoms with Gasteiger partial charge in [-0.3, -0.25) is 0 Å². The van der Waals surface area contributed by atoms with Crippen LogP contribution in [-0.4, -0.2) is 0 Å². The molecule has 0 radical (unpaired) electrons. The van der Waals surface area contributed by atoms with Crippen LogP contribution in [0.2, 0.25) is 0 Å². The van der Waals surface area contributed by atoms with E-state index in [9.17, 15) is 0 Å². The molecule has 0 aliphatic heterocycles. The molecule has 0 amide bonds. The normalized spacial score (nSPS) is 12.4. The first kappa shape index (κ1) is 11.4. The van der Waals surface area contributed by atoms with Crippen LogP contribution < -0.4 is 0 Å². The molecule has 0 fully saturated rings. The third-order valence-electron chi connectivity index (χ3n) is 2.82. The second kappa shape index (κ2) is 5.31. The van der Waals surface area contributed by atoms with Crippen molar-refractivity contribution in [2.24, 2.45) is 0 Å². The highest BCUT2D eigenvalue weighted by molar-refractivity contribution is 9.10. The summed E-state index contributed by atoms with van der Waals surface area (Å²) in [6.45, 7) is 2.27. The van der Waals surface area contributed by atoms with Crippen LogP contribution in [0, 0.1) is 0 Å². The van der Waals surface area contributed by atoms with Gasteiger partial charge in [0, 0.05) is 4.47 Å². The van der Waals surface area contributed by atoms with Gasteiger partial charge in [-0.1, -0.05) is 65.3 Å². The third-order valence-corrected chi connectivity index (χ3v) is 3.35. The minimum Gasteiger partial charge on any atom is -0.0622 e. The number of rotatable bonds is 3. The minimum absolute atomic E-state index is 0.565. The van der Waals surface area contributed by atoms with Crippen LogP contribution in [-0.2, 0) is 6.42 Å². The highest BCUT2D eigenvalue weighted by Crippen LogP contribution is 2.22. The summed E-state index contributed by atoms with van der Waals surface area (Å²) in [6, 6.07) is 19.2. The van der Waals surface area contributed by atoms with Crippen molar-refractivity contribution in [1.29, 1.82) is 0 Å². The summed E-state index contributed by atoms with van der Waals surface area (Å²) in [6.07, 6.45) is 1.10. The summed E-state index contributed by atoms with van der Waals surface area (Å²) in [7, 11) is 0. The van der Waals surface area contributed by atoms with Crippen molar-refractivity contribution in [2.75, 3.05) is 0 Å². The van der Waals surface area contributed by atoms with Gasteiger partial charge in [0.25, 0.3) is 0 Å². The first-order valence-corrected chi connectivity index (χ1v) is 6.34. The lowest BCUT2D eigenvalue weighted by Gasteiger charge is -2.11. The molecule has 0 aliphatic carbocycles. The molecule has 1 heteroatoms. The maximum atomic E-state index is 3.46. The molecule has 2 rings (SSSR count). The predicted octanol–water partition coefficient (Wildman–Crippen LogP) is 4.80. The van der Waals surface area contributed by atoms with Crippen molar-refractivity contribution in [3.8, 4) is 0 Å². The predicted molar refractivity (Wildman–Crippen MR) is 72.7 cm³/mol. The average Bonchev–Trinajstić information content (AvgIpc) is 2.31. The molecule has 1 unspecified atom stereocenters. The smallest absolute Gasteiger partial charge is 0.0175 e. The molecule has 0 saturated heterocycles. The van der Waals surface area contributed by atoms with E-state index in [1.165, 1.54) is 11.1 Å². The van der Waals surface area contributed by atoms with Crippen molar-refractivity contribution >= 4 is 15.9 Å². The minimum atomic E-state index is 0.565. The Bertz CT molecular complexity index is 431. The zero-order valence-corrected chi connectivity index (χ0v) is 10.9. The quantitative estimate of drug-likeness (QED) is 0.755. The van der Waals surface area contributed by atoms with E-state index in [1.807, 2.05) is 0 Å². The number of hydrogen-bond acceptors (Lipinski definition) is 0. The second-order valence-electron chi connectivity index (χ2n) is 4.14. The maximum Gasteiger partial charge on any atom is 0.0175 e. The lowest BCUT2D eigenvalue weighted by molar-refractivity contribution is 0.759. The summed E-state index contributed by atoms with van der Waals surface area (Å²) in [5, 5.41) is 0. The van der Waals surface area contributed by atoms with Gasteiger partial charge in [-0.25, -0.2) is 0 Å². The van der Waals surface area contributed by atoms with Crippen LogP contribution >= 0.6 is 15.9 Å². The van der Waals surface area contributed by atoms with Crippen LogP contribution in [0.1, 0.15) is 24.0 Å². The van der Waals surface area contributed by atoms with Crippen molar-refractivity contribution in [1.82, 2.24) is 0 Å². The molecule has 0 nitrogen and oxygen atoms in total. The van der Waals surface area contributed by atoms with Crippen LogP contribution in [0.25, 0.3) is 0 Å². The SMILES string of the molecule is CC(Cc1ccccc1)c1ccc(Br)cc1. The van der Waals surface area contributed by atoms with Crippen molar-refractivity contribution in [2.45, 2.75) is 19.3 Å². The largest absolute Gasteiger partial charge is 0.0622 e. The van der Waals surface area contributed by atoms with Gasteiger partial charge in [0.15, 0.2) is 0 Å². The topological polar surface area (TPSA) is 0 Å². The van der Waals surface area contributed by atoms with E-state index in [4.69, 9.17) is 0 Å². The Morgan fingerprint density at radius 1 is 0.938 bits per heavy atom. The number of benzene rings is 2. The molecule has 16 heavy (non-hydrogen) atoms. The molecule has 2 aromatic rings. The molecule has 0 aromatic heterocycles. The van der Waals surface area contributed by atoms with Crippen LogP contribution in [0.5, 0.6) is 0 Å². The summed E-state index contributed by atoms with van der Waals surface area (Å²) in [4.78, 5) is 0. The monoisotopic (exact) mass is 274 g/mol. The van der Waals surface area contributed by atoms with Gasteiger partial charge in [0.1, 0.15) is 0 Å². The first-order valence-electron chi connectivity index (χ1n) is 5.55. The van der Waals surface area contributed by atoms with Crippen molar-refractivity contribution in [3.05, 3.63) is 70.2 Å². The van der Waals surface area contributed by atoms with Gasteiger partial charge < -0.3 is 0 Å². The van der Waals surface area contributed by atoms with Crippen molar-refractivity contribution in [3.63, 3.8) is 0 Å². The van der Waals surface area contributed by atoms with Gasteiger partial charge >= 0.3 is 0 Å². The standard InChI is InChI=1S/C15H15Br/c1-12(11-13-5-3-2-4-6-13)14-7-9-15(16)10-8-14/h2-10,12H,11H2,1H3. The van der Waals surface area contributed by atoms with Crippen LogP contribution in [0.15, 0.2) is 59.1 Å². The number of hydrogen-bond donors (Lipinski definition) is 0. The Balaban J connectivity index is 2.09. The Kier molecular flexibility index (Phi) is 3.79. The van der Waals surface area contributed by atoms with Crippen LogP contribution in [0.4, 0.5) is 0 Å². The van der Waals surface area contributed by atoms with Gasteiger partial charge in [-0.15, -0.1) is 0 Å². The van der Waals surface area contributed by atoms with Crippen LogP contribution in [0.3, 0.4) is 0 Å². The zero-order valence-electron chi connectivity index (χ0n) is 9.36. The van der Waals surface area contributed by atoms with E-state index in [-0.39, 0.29) is 0 Å². The molecule has 0 heterocycles. The molecule has 1 atom stereocenters. The average molecular weight is 275 g/mol. The van der Waals surface area contributed by atoms with Gasteiger partial charge in [-0.2, -0.15) is 0 Å². The molecule has 0 bridgehead atoms. The highest BCUT2D eigenvalue weighted by Gasteiger charge is 2.05. The molecule has 82 valence electrons. The van der Waals surface area contributed by atoms with E-state index in [1.54, 1.807) is 0 Å². The zero-order chi connectivity index (χ0) is 11.4. The molecule has 2 aromatic carbocycles. The van der Waals surface area contributed by atoms with E-state index >= 15 is 0 Å². The van der Waals surface area contributed by atoms with Crippen molar-refractivity contribution < 1.29 is 0 Å². The lowest BCUT2D eigenvalue weighted by Crippen LogP contribution is -1.97.